The zero-order chi connectivity index (χ0) is 7.68. The molecule has 2 rings (SSSR count). The Morgan fingerprint density at radius 3 is 2.36 bits per heavy atom. The smallest absolute Gasteiger partial charge is 0.137 e. The van der Waals surface area contributed by atoms with Crippen LogP contribution in [0.1, 0.15) is 44.9 Å². The van der Waals surface area contributed by atoms with Gasteiger partial charge in [-0.05, 0) is 32.1 Å². The van der Waals surface area contributed by atoms with E-state index in [0.717, 1.165) is 19.3 Å². The highest BCUT2D eigenvalue weighted by Crippen LogP contribution is 2.33. The molecule has 11 heavy (non-hydrogen) atoms. The second-order valence-electron chi connectivity index (χ2n) is 3.63. The minimum absolute atomic E-state index is 0.464. The molecule has 1 nitrogen and oxygen atoms in total. The first kappa shape index (κ1) is 7.08. The van der Waals surface area contributed by atoms with Crippen LogP contribution in [0.2, 0.25) is 0 Å². The van der Waals surface area contributed by atoms with Gasteiger partial charge in [-0.3, -0.25) is 4.79 Å². The second-order valence-corrected chi connectivity index (χ2v) is 3.63. The van der Waals surface area contributed by atoms with Gasteiger partial charge in [0.1, 0.15) is 5.78 Å². The Bertz CT molecular complexity index is 213. The van der Waals surface area contributed by atoms with Gasteiger partial charge in [0.2, 0.25) is 0 Å². The lowest BCUT2D eigenvalue weighted by Crippen LogP contribution is -2.12. The van der Waals surface area contributed by atoms with Crippen LogP contribution in [0.3, 0.4) is 0 Å². The summed E-state index contributed by atoms with van der Waals surface area (Å²) in [5.74, 6) is 0.464. The molecule has 1 heteroatoms. The van der Waals surface area contributed by atoms with Crippen LogP contribution in [0, 0.1) is 0 Å². The fourth-order valence-corrected chi connectivity index (χ4v) is 2.16. The van der Waals surface area contributed by atoms with Crippen molar-refractivity contribution < 1.29 is 4.79 Å². The summed E-state index contributed by atoms with van der Waals surface area (Å²) in [5.41, 5.74) is 3.11. The quantitative estimate of drug-likeness (QED) is 0.485. The van der Waals surface area contributed by atoms with E-state index >= 15 is 0 Å². The largest absolute Gasteiger partial charge is 0.299 e. The molecule has 60 valence electrons. The highest BCUT2D eigenvalue weighted by Gasteiger charge is 2.20. The normalized spacial score (nSPS) is 25.3. The molecule has 0 N–H and O–H groups in total. The fraction of sp³-hybridized carbons (Fsp3) is 0.700. The van der Waals surface area contributed by atoms with E-state index in [2.05, 4.69) is 0 Å². The minimum Gasteiger partial charge on any atom is -0.299 e. The van der Waals surface area contributed by atoms with Crippen LogP contribution in [0.15, 0.2) is 11.1 Å². The molecule has 0 heterocycles. The third kappa shape index (κ3) is 1.37. The molecule has 0 aromatic heterocycles. The van der Waals surface area contributed by atoms with E-state index < -0.39 is 0 Å². The lowest BCUT2D eigenvalue weighted by molar-refractivity contribution is -0.118. The Labute approximate surface area is 67.5 Å². The number of hydrogen-bond donors (Lipinski definition) is 0. The summed E-state index contributed by atoms with van der Waals surface area (Å²) in [6.07, 6.45) is 7.84. The average Bonchev–Trinajstić information content (AvgIpc) is 2.04. The zero-order valence-electron chi connectivity index (χ0n) is 6.86. The molecular formula is C10H14O. The van der Waals surface area contributed by atoms with E-state index in [0.29, 0.717) is 5.78 Å². The van der Waals surface area contributed by atoms with Crippen LogP contribution >= 0.6 is 0 Å². The molecule has 2 aliphatic carbocycles. The van der Waals surface area contributed by atoms with E-state index in [1.165, 1.54) is 31.3 Å². The molecule has 0 bridgehead atoms. The number of allylic oxidation sites excluding steroid dienone is 2. The summed E-state index contributed by atoms with van der Waals surface area (Å²) in [6, 6.07) is 0. The molecule has 0 saturated heterocycles. The van der Waals surface area contributed by atoms with Crippen molar-refractivity contribution in [3.8, 4) is 0 Å². The standard InChI is InChI=1S/C10H14O/c11-10-6-5-8-3-1-2-4-9(8)7-10/h1-7H2. The van der Waals surface area contributed by atoms with Crippen molar-refractivity contribution >= 4 is 5.78 Å². The first-order chi connectivity index (χ1) is 5.36. The summed E-state index contributed by atoms with van der Waals surface area (Å²) in [7, 11) is 0. The minimum atomic E-state index is 0.464. The van der Waals surface area contributed by atoms with Crippen LogP contribution in [0.4, 0.5) is 0 Å². The van der Waals surface area contributed by atoms with Crippen molar-refractivity contribution in [2.24, 2.45) is 0 Å². The van der Waals surface area contributed by atoms with Gasteiger partial charge in [0, 0.05) is 12.8 Å². The van der Waals surface area contributed by atoms with Gasteiger partial charge in [-0.2, -0.15) is 0 Å². The number of rotatable bonds is 0. The van der Waals surface area contributed by atoms with E-state index in [9.17, 15) is 4.79 Å². The topological polar surface area (TPSA) is 17.1 Å². The van der Waals surface area contributed by atoms with Crippen LogP contribution < -0.4 is 0 Å². The van der Waals surface area contributed by atoms with Crippen molar-refractivity contribution in [3.63, 3.8) is 0 Å². The van der Waals surface area contributed by atoms with Crippen molar-refractivity contribution in [1.29, 1.82) is 0 Å². The van der Waals surface area contributed by atoms with E-state index in [4.69, 9.17) is 0 Å². The van der Waals surface area contributed by atoms with Crippen molar-refractivity contribution in [3.05, 3.63) is 11.1 Å². The Hall–Kier alpha value is -0.590. The predicted molar refractivity (Wildman–Crippen MR) is 44.4 cm³/mol. The molecule has 0 spiro atoms. The van der Waals surface area contributed by atoms with Gasteiger partial charge in [-0.1, -0.05) is 11.1 Å². The molecule has 0 fully saturated rings. The van der Waals surface area contributed by atoms with Gasteiger partial charge < -0.3 is 0 Å². The van der Waals surface area contributed by atoms with Crippen LogP contribution in [0.5, 0.6) is 0 Å². The maximum Gasteiger partial charge on any atom is 0.137 e. The maximum absolute atomic E-state index is 11.1. The van der Waals surface area contributed by atoms with E-state index in [1.54, 1.807) is 5.57 Å². The first-order valence-electron chi connectivity index (χ1n) is 4.58. The molecular weight excluding hydrogens is 136 g/mol. The summed E-state index contributed by atoms with van der Waals surface area (Å²) in [4.78, 5) is 11.1. The van der Waals surface area contributed by atoms with Crippen molar-refractivity contribution in [1.82, 2.24) is 0 Å². The molecule has 0 radical (unpaired) electrons. The van der Waals surface area contributed by atoms with Crippen LogP contribution in [-0.4, -0.2) is 5.78 Å². The molecule has 0 saturated carbocycles. The number of Topliss-reactive ketones (excluding diaryl/α,β-unsaturated/α-hetero) is 1. The molecule has 0 aromatic carbocycles. The number of carbonyl (C=O) groups is 1. The molecule has 0 aromatic rings. The highest BCUT2D eigenvalue weighted by atomic mass is 16.1. The highest BCUT2D eigenvalue weighted by molar-refractivity contribution is 5.82. The summed E-state index contributed by atoms with van der Waals surface area (Å²) < 4.78 is 0. The second kappa shape index (κ2) is 2.80. The molecule has 0 amide bonds. The third-order valence-corrected chi connectivity index (χ3v) is 2.82. The van der Waals surface area contributed by atoms with Crippen LogP contribution in [0.25, 0.3) is 0 Å². The van der Waals surface area contributed by atoms with Gasteiger partial charge in [0.15, 0.2) is 0 Å². The van der Waals surface area contributed by atoms with Gasteiger partial charge in [-0.15, -0.1) is 0 Å². The predicted octanol–water partition coefficient (Wildman–Crippen LogP) is 2.61. The van der Waals surface area contributed by atoms with Gasteiger partial charge >= 0.3 is 0 Å². The van der Waals surface area contributed by atoms with E-state index in [1.807, 2.05) is 0 Å². The number of hydrogen-bond acceptors (Lipinski definition) is 1. The Morgan fingerprint density at radius 1 is 0.818 bits per heavy atom. The number of carbonyl (C=O) groups excluding carboxylic acids is 1. The first-order valence-corrected chi connectivity index (χ1v) is 4.58. The summed E-state index contributed by atoms with van der Waals surface area (Å²) in [6.45, 7) is 0. The molecule has 0 unspecified atom stereocenters. The third-order valence-electron chi connectivity index (χ3n) is 2.82. The molecule has 2 aliphatic rings. The zero-order valence-corrected chi connectivity index (χ0v) is 6.86. The lowest BCUT2D eigenvalue weighted by atomic mass is 9.82. The Balaban J connectivity index is 2.18. The maximum atomic E-state index is 11.1. The SMILES string of the molecule is O=C1CCC2=C(CCCC2)C1. The summed E-state index contributed by atoms with van der Waals surface area (Å²) in [5, 5.41) is 0. The summed E-state index contributed by atoms with van der Waals surface area (Å²) >= 11 is 0. The Morgan fingerprint density at radius 2 is 1.55 bits per heavy atom. The fourth-order valence-electron chi connectivity index (χ4n) is 2.16. The van der Waals surface area contributed by atoms with Crippen molar-refractivity contribution in [2.45, 2.75) is 44.9 Å². The van der Waals surface area contributed by atoms with Crippen molar-refractivity contribution in [2.75, 3.05) is 0 Å². The lowest BCUT2D eigenvalue weighted by Gasteiger charge is -2.23. The van der Waals surface area contributed by atoms with E-state index in [-0.39, 0.29) is 0 Å². The molecule has 0 atom stereocenters. The average molecular weight is 150 g/mol. The number of ketones is 1. The van der Waals surface area contributed by atoms with Gasteiger partial charge in [-0.25, -0.2) is 0 Å². The van der Waals surface area contributed by atoms with Crippen LogP contribution in [-0.2, 0) is 4.79 Å². The molecule has 0 aliphatic heterocycles. The van der Waals surface area contributed by atoms with Gasteiger partial charge in [0.25, 0.3) is 0 Å². The Kier molecular flexibility index (Phi) is 1.80. The monoisotopic (exact) mass is 150 g/mol. The van der Waals surface area contributed by atoms with Gasteiger partial charge in [0.05, 0.1) is 0 Å².